The lowest BCUT2D eigenvalue weighted by Crippen LogP contribution is -2.44. The first-order chi connectivity index (χ1) is 14.5. The number of thiazole rings is 1. The molecule has 1 aliphatic rings. The number of imidazole rings is 1. The van der Waals surface area contributed by atoms with Crippen molar-refractivity contribution in [3.63, 3.8) is 0 Å². The lowest BCUT2D eigenvalue weighted by Gasteiger charge is -2.34. The number of hydrogen-bond donors (Lipinski definition) is 2. The molecule has 3 heterocycles. The van der Waals surface area contributed by atoms with E-state index < -0.39 is 0 Å². The van der Waals surface area contributed by atoms with Gasteiger partial charge in [0, 0.05) is 49.7 Å². The van der Waals surface area contributed by atoms with Crippen molar-refractivity contribution < 1.29 is 9.59 Å². The number of carbonyl (C=O) groups excluding carboxylic acids is 2. The summed E-state index contributed by atoms with van der Waals surface area (Å²) in [4.78, 5) is 35.3. The molecule has 1 aliphatic heterocycles. The monoisotopic (exact) mass is 426 g/mol. The molecule has 0 aliphatic carbocycles. The maximum absolute atomic E-state index is 12.8. The van der Waals surface area contributed by atoms with Gasteiger partial charge < -0.3 is 20.4 Å². The Balaban J connectivity index is 1.49. The quantitative estimate of drug-likeness (QED) is 0.655. The van der Waals surface area contributed by atoms with Gasteiger partial charge in [0.05, 0.1) is 0 Å². The Morgan fingerprint density at radius 2 is 1.80 bits per heavy atom. The zero-order valence-corrected chi connectivity index (χ0v) is 18.3. The number of anilines is 2. The predicted octanol–water partition coefficient (Wildman–Crippen LogP) is 2.46. The molecule has 8 nitrogen and oxygen atoms in total. The number of carbonyl (C=O) groups is 2. The number of hydrogen-bond acceptors (Lipinski definition) is 6. The lowest BCUT2D eigenvalue weighted by atomic mass is 10.1. The number of aryl methyl sites for hydroxylation is 1. The van der Waals surface area contributed by atoms with Crippen LogP contribution >= 0.6 is 11.3 Å². The molecule has 0 saturated carbocycles. The van der Waals surface area contributed by atoms with Crippen molar-refractivity contribution in [1.29, 1.82) is 0 Å². The van der Waals surface area contributed by atoms with E-state index >= 15 is 0 Å². The number of nitrogens with one attached hydrogen (secondary N) is 2. The predicted molar refractivity (Wildman–Crippen MR) is 120 cm³/mol. The highest BCUT2D eigenvalue weighted by atomic mass is 32.1. The van der Waals surface area contributed by atoms with Crippen molar-refractivity contribution in [2.24, 2.45) is 0 Å². The summed E-state index contributed by atoms with van der Waals surface area (Å²) in [5.74, 6) is 0.137. The van der Waals surface area contributed by atoms with Gasteiger partial charge in [0.2, 0.25) is 0 Å². The van der Waals surface area contributed by atoms with Gasteiger partial charge in [-0.05, 0) is 45.2 Å². The third kappa shape index (κ3) is 3.90. The average molecular weight is 427 g/mol. The minimum absolute atomic E-state index is 0.111. The van der Waals surface area contributed by atoms with E-state index in [4.69, 9.17) is 0 Å². The normalized spacial score (nSPS) is 14.8. The molecule has 2 amide bonds. The van der Waals surface area contributed by atoms with Crippen LogP contribution in [0.25, 0.3) is 4.83 Å². The van der Waals surface area contributed by atoms with E-state index in [0.29, 0.717) is 22.8 Å². The first kappa shape index (κ1) is 20.4. The zero-order valence-electron chi connectivity index (χ0n) is 17.4. The van der Waals surface area contributed by atoms with E-state index in [1.165, 1.54) is 11.3 Å². The SMILES string of the molecule is CCNC(=O)c1sc2c(NC(=O)c3ccc(N4CCN(C)CC4)cc3)ncn2c1C. The summed E-state index contributed by atoms with van der Waals surface area (Å²) >= 11 is 1.33. The molecular formula is C21H26N6O2S. The second kappa shape index (κ2) is 8.45. The van der Waals surface area contributed by atoms with E-state index in [1.54, 1.807) is 6.33 Å². The van der Waals surface area contributed by atoms with E-state index in [-0.39, 0.29) is 11.8 Å². The van der Waals surface area contributed by atoms with Crippen molar-refractivity contribution >= 4 is 39.5 Å². The highest BCUT2D eigenvalue weighted by Gasteiger charge is 2.20. The van der Waals surface area contributed by atoms with E-state index in [9.17, 15) is 9.59 Å². The average Bonchev–Trinajstić information content (AvgIpc) is 3.29. The van der Waals surface area contributed by atoms with Crippen LogP contribution in [-0.4, -0.2) is 65.9 Å². The van der Waals surface area contributed by atoms with Gasteiger partial charge in [0.25, 0.3) is 11.8 Å². The summed E-state index contributed by atoms with van der Waals surface area (Å²) < 4.78 is 1.83. The molecule has 1 fully saturated rings. The fourth-order valence-corrected chi connectivity index (χ4v) is 4.65. The van der Waals surface area contributed by atoms with E-state index in [0.717, 1.165) is 42.4 Å². The first-order valence-electron chi connectivity index (χ1n) is 10.1. The maximum atomic E-state index is 12.8. The highest BCUT2D eigenvalue weighted by molar-refractivity contribution is 7.20. The van der Waals surface area contributed by atoms with Crippen LogP contribution in [0, 0.1) is 6.92 Å². The smallest absolute Gasteiger partial charge is 0.263 e. The van der Waals surface area contributed by atoms with Crippen molar-refractivity contribution in [3.8, 4) is 0 Å². The summed E-state index contributed by atoms with van der Waals surface area (Å²) in [7, 11) is 2.13. The van der Waals surface area contributed by atoms with Gasteiger partial charge in [0.15, 0.2) is 5.82 Å². The fraction of sp³-hybridized carbons (Fsp3) is 0.381. The molecule has 0 radical (unpaired) electrons. The molecule has 0 bridgehead atoms. The number of benzene rings is 1. The maximum Gasteiger partial charge on any atom is 0.263 e. The van der Waals surface area contributed by atoms with Crippen LogP contribution in [0.15, 0.2) is 30.6 Å². The van der Waals surface area contributed by atoms with Crippen LogP contribution in [0.1, 0.15) is 32.6 Å². The molecule has 2 N–H and O–H groups in total. The number of nitrogens with zero attached hydrogens (tertiary/aromatic N) is 4. The van der Waals surface area contributed by atoms with Crippen LogP contribution in [0.5, 0.6) is 0 Å². The van der Waals surface area contributed by atoms with Gasteiger partial charge in [-0.25, -0.2) is 4.98 Å². The lowest BCUT2D eigenvalue weighted by molar-refractivity contribution is 0.0958. The summed E-state index contributed by atoms with van der Waals surface area (Å²) in [5, 5.41) is 5.70. The Hall–Kier alpha value is -2.91. The number of likely N-dealkylation sites (N-methyl/N-ethyl adjacent to an activating group) is 1. The topological polar surface area (TPSA) is 82.0 Å². The number of aromatic nitrogens is 2. The molecule has 0 spiro atoms. The van der Waals surface area contributed by atoms with Crippen molar-refractivity contribution in [2.75, 3.05) is 50.0 Å². The highest BCUT2D eigenvalue weighted by Crippen LogP contribution is 2.29. The van der Waals surface area contributed by atoms with Crippen LogP contribution in [0.2, 0.25) is 0 Å². The molecule has 0 unspecified atom stereocenters. The third-order valence-electron chi connectivity index (χ3n) is 5.39. The summed E-state index contributed by atoms with van der Waals surface area (Å²) in [6, 6.07) is 7.67. The Labute approximate surface area is 179 Å². The van der Waals surface area contributed by atoms with Crippen LogP contribution in [0.4, 0.5) is 11.5 Å². The van der Waals surface area contributed by atoms with Crippen molar-refractivity contribution in [3.05, 3.63) is 46.7 Å². The van der Waals surface area contributed by atoms with Gasteiger partial charge in [-0.2, -0.15) is 0 Å². The van der Waals surface area contributed by atoms with Crippen molar-refractivity contribution in [2.45, 2.75) is 13.8 Å². The summed E-state index contributed by atoms with van der Waals surface area (Å²) in [5.41, 5.74) is 2.52. The minimum atomic E-state index is -0.217. The Morgan fingerprint density at radius 3 is 2.47 bits per heavy atom. The molecule has 1 saturated heterocycles. The summed E-state index contributed by atoms with van der Waals surface area (Å²) in [6.45, 7) is 8.38. The molecule has 4 rings (SSSR count). The first-order valence-corrected chi connectivity index (χ1v) is 10.9. The number of rotatable bonds is 5. The largest absolute Gasteiger partial charge is 0.369 e. The number of piperazine rings is 1. The molecule has 3 aromatic rings. The van der Waals surface area contributed by atoms with Gasteiger partial charge >= 0.3 is 0 Å². The van der Waals surface area contributed by atoms with Gasteiger partial charge in [0.1, 0.15) is 16.0 Å². The molecule has 158 valence electrons. The van der Waals surface area contributed by atoms with Gasteiger partial charge in [-0.3, -0.25) is 14.0 Å². The van der Waals surface area contributed by atoms with Crippen molar-refractivity contribution in [1.82, 2.24) is 19.6 Å². The van der Waals surface area contributed by atoms with Gasteiger partial charge in [-0.15, -0.1) is 11.3 Å². The standard InChI is InChI=1S/C21H26N6O2S/c1-4-22-20(29)17-14(2)27-13-23-18(21(27)30-17)24-19(28)15-5-7-16(8-6-15)26-11-9-25(3)10-12-26/h5-8,13H,4,9-12H2,1-3H3,(H,22,29)(H,24,28). The Morgan fingerprint density at radius 1 is 1.10 bits per heavy atom. The van der Waals surface area contributed by atoms with Crippen LogP contribution in [0.3, 0.4) is 0 Å². The Bertz CT molecular complexity index is 1060. The van der Waals surface area contributed by atoms with E-state index in [1.807, 2.05) is 42.5 Å². The summed E-state index contributed by atoms with van der Waals surface area (Å²) in [6.07, 6.45) is 1.63. The Kier molecular flexibility index (Phi) is 5.74. The zero-order chi connectivity index (χ0) is 21.3. The second-order valence-corrected chi connectivity index (χ2v) is 8.43. The van der Waals surface area contributed by atoms with Crippen LogP contribution in [-0.2, 0) is 0 Å². The molecule has 0 atom stereocenters. The number of fused-ring (bicyclic) bond motifs is 1. The minimum Gasteiger partial charge on any atom is -0.369 e. The number of amides is 2. The molecule has 9 heteroatoms. The fourth-order valence-electron chi connectivity index (χ4n) is 3.56. The van der Waals surface area contributed by atoms with Crippen LogP contribution < -0.4 is 15.5 Å². The van der Waals surface area contributed by atoms with E-state index in [2.05, 4.69) is 32.5 Å². The third-order valence-corrected chi connectivity index (χ3v) is 6.65. The molecule has 1 aromatic carbocycles. The van der Waals surface area contributed by atoms with Gasteiger partial charge in [-0.1, -0.05) is 0 Å². The molecular weight excluding hydrogens is 400 g/mol. The molecule has 30 heavy (non-hydrogen) atoms. The second-order valence-electron chi connectivity index (χ2n) is 7.44. The molecule has 2 aromatic heterocycles.